The Kier molecular flexibility index (Phi) is 3.98. The fourth-order valence-corrected chi connectivity index (χ4v) is 2.23. The molecular weight excluding hydrogens is 274 g/mol. The van der Waals surface area contributed by atoms with Crippen molar-refractivity contribution in [3.05, 3.63) is 38.5 Å². The van der Waals surface area contributed by atoms with Crippen LogP contribution in [0.15, 0.2) is 17.2 Å². The molecule has 102 valence electrons. The van der Waals surface area contributed by atoms with Crippen LogP contribution < -0.4 is 5.56 Å². The van der Waals surface area contributed by atoms with Gasteiger partial charge in [0.1, 0.15) is 15.7 Å². The molecule has 5 nitrogen and oxygen atoms in total. The Morgan fingerprint density at radius 3 is 2.63 bits per heavy atom. The predicted molar refractivity (Wildman–Crippen MR) is 66.6 cm³/mol. The van der Waals surface area contributed by atoms with E-state index in [-0.39, 0.29) is 12.5 Å². The Morgan fingerprint density at radius 1 is 1.37 bits per heavy atom. The summed E-state index contributed by atoms with van der Waals surface area (Å²) < 4.78 is 26.0. The minimum absolute atomic E-state index is 0.194. The van der Waals surface area contributed by atoms with Crippen LogP contribution in [-0.4, -0.2) is 19.7 Å². The molecule has 0 aliphatic rings. The van der Waals surface area contributed by atoms with Gasteiger partial charge in [-0.3, -0.25) is 9.36 Å². The highest BCUT2D eigenvalue weighted by Gasteiger charge is 2.12. The average molecular weight is 286 g/mol. The average Bonchev–Trinajstić information content (AvgIpc) is 2.80. The van der Waals surface area contributed by atoms with Crippen LogP contribution >= 0.6 is 11.3 Å². The quantitative estimate of drug-likeness (QED) is 0.864. The van der Waals surface area contributed by atoms with Crippen LogP contribution in [0.5, 0.6) is 0 Å². The molecule has 0 aromatic carbocycles. The Labute approximate surface area is 112 Å². The summed E-state index contributed by atoms with van der Waals surface area (Å²) in [7, 11) is 0. The molecule has 0 unspecified atom stereocenters. The lowest BCUT2D eigenvalue weighted by Gasteiger charge is -2.03. The molecule has 0 bridgehead atoms. The zero-order chi connectivity index (χ0) is 14.0. The van der Waals surface area contributed by atoms with Gasteiger partial charge in [0.25, 0.3) is 12.0 Å². The normalized spacial score (nSPS) is 11.5. The lowest BCUT2D eigenvalue weighted by molar-refractivity contribution is 0.145. The molecule has 0 atom stereocenters. The van der Waals surface area contributed by atoms with Gasteiger partial charge in [-0.05, 0) is 0 Å². The van der Waals surface area contributed by atoms with Crippen LogP contribution in [0.4, 0.5) is 8.78 Å². The lowest BCUT2D eigenvalue weighted by Crippen LogP contribution is -2.21. The molecule has 0 spiro atoms. The molecule has 2 rings (SSSR count). The van der Waals surface area contributed by atoms with Crippen molar-refractivity contribution < 1.29 is 8.78 Å². The molecule has 2 heterocycles. The number of rotatable bonds is 4. The van der Waals surface area contributed by atoms with E-state index in [1.165, 1.54) is 15.9 Å². The van der Waals surface area contributed by atoms with Gasteiger partial charge in [-0.1, -0.05) is 25.2 Å². The van der Waals surface area contributed by atoms with Gasteiger partial charge in [0.15, 0.2) is 0 Å². The van der Waals surface area contributed by atoms with E-state index in [4.69, 9.17) is 0 Å². The molecule has 19 heavy (non-hydrogen) atoms. The van der Waals surface area contributed by atoms with Gasteiger partial charge in [-0.25, -0.2) is 13.8 Å². The Morgan fingerprint density at radius 2 is 2.11 bits per heavy atom. The number of nitrogens with zero attached hydrogens (tertiary/aromatic N) is 4. The first-order valence-corrected chi connectivity index (χ1v) is 6.46. The van der Waals surface area contributed by atoms with Gasteiger partial charge in [-0.15, -0.1) is 10.2 Å². The van der Waals surface area contributed by atoms with Gasteiger partial charge in [0, 0.05) is 12.0 Å². The zero-order valence-corrected chi connectivity index (χ0v) is 11.2. The number of hydrogen-bond acceptors (Lipinski definition) is 5. The van der Waals surface area contributed by atoms with Crippen molar-refractivity contribution in [2.75, 3.05) is 0 Å². The highest BCUT2D eigenvalue weighted by atomic mass is 32.1. The molecule has 0 aliphatic carbocycles. The third kappa shape index (κ3) is 3.19. The molecular formula is C11H12F2N4OS. The molecule has 8 heteroatoms. The highest BCUT2D eigenvalue weighted by Crippen LogP contribution is 2.19. The second-order valence-electron chi connectivity index (χ2n) is 4.27. The summed E-state index contributed by atoms with van der Waals surface area (Å²) in [6.07, 6.45) is -1.63. The third-order valence-corrected chi connectivity index (χ3v) is 3.61. The summed E-state index contributed by atoms with van der Waals surface area (Å²) in [4.78, 5) is 15.2. The van der Waals surface area contributed by atoms with Crippen LogP contribution in [0.3, 0.4) is 0 Å². The van der Waals surface area contributed by atoms with Gasteiger partial charge in [-0.2, -0.15) is 0 Å². The molecule has 0 N–H and O–H groups in total. The monoisotopic (exact) mass is 286 g/mol. The van der Waals surface area contributed by atoms with E-state index in [2.05, 4.69) is 15.2 Å². The van der Waals surface area contributed by atoms with Crippen molar-refractivity contribution in [3.8, 4) is 0 Å². The van der Waals surface area contributed by atoms with Crippen LogP contribution in [0.25, 0.3) is 0 Å². The van der Waals surface area contributed by atoms with Crippen LogP contribution in [0.2, 0.25) is 0 Å². The largest absolute Gasteiger partial charge is 0.292 e. The molecule has 0 fully saturated rings. The van der Waals surface area contributed by atoms with Crippen molar-refractivity contribution in [3.63, 3.8) is 0 Å². The second-order valence-corrected chi connectivity index (χ2v) is 5.36. The van der Waals surface area contributed by atoms with Crippen molar-refractivity contribution in [1.82, 2.24) is 19.7 Å². The summed E-state index contributed by atoms with van der Waals surface area (Å²) in [5, 5.41) is 9.49. The molecule has 2 aromatic heterocycles. The first kappa shape index (κ1) is 13.7. The summed E-state index contributed by atoms with van der Waals surface area (Å²) in [6.45, 7) is 4.19. The zero-order valence-electron chi connectivity index (χ0n) is 10.4. The van der Waals surface area contributed by atoms with Crippen LogP contribution in [-0.2, 0) is 6.54 Å². The molecule has 0 amide bonds. The van der Waals surface area contributed by atoms with E-state index in [0.29, 0.717) is 5.01 Å². The molecule has 0 aliphatic heterocycles. The van der Waals surface area contributed by atoms with E-state index < -0.39 is 17.7 Å². The molecule has 0 saturated carbocycles. The SMILES string of the molecule is CC(C)c1nnc(Cn2cnc(C(F)F)cc2=O)s1. The van der Waals surface area contributed by atoms with E-state index >= 15 is 0 Å². The summed E-state index contributed by atoms with van der Waals surface area (Å²) in [6, 6.07) is 0.842. The first-order valence-electron chi connectivity index (χ1n) is 5.64. The van der Waals surface area contributed by atoms with Gasteiger partial charge in [0.2, 0.25) is 0 Å². The van der Waals surface area contributed by atoms with Gasteiger partial charge in [0.05, 0.1) is 12.9 Å². The van der Waals surface area contributed by atoms with Crippen LogP contribution in [0.1, 0.15) is 41.9 Å². The Bertz CT molecular complexity index is 623. The molecule has 2 aromatic rings. The maximum Gasteiger partial charge on any atom is 0.280 e. The minimum atomic E-state index is -2.74. The van der Waals surface area contributed by atoms with E-state index in [1.54, 1.807) is 0 Å². The first-order chi connectivity index (χ1) is 8.97. The van der Waals surface area contributed by atoms with Crippen molar-refractivity contribution in [2.45, 2.75) is 32.7 Å². The molecule has 0 saturated heterocycles. The number of hydrogen-bond donors (Lipinski definition) is 0. The van der Waals surface area contributed by atoms with Crippen molar-refractivity contribution >= 4 is 11.3 Å². The number of aromatic nitrogens is 4. The minimum Gasteiger partial charge on any atom is -0.292 e. The standard InChI is InChI=1S/C11H12F2N4OS/c1-6(2)11-16-15-8(19-11)4-17-5-14-7(10(12)13)3-9(17)18/h3,5-6,10H,4H2,1-2H3. The maximum atomic E-state index is 12.4. The van der Waals surface area contributed by atoms with Gasteiger partial charge < -0.3 is 0 Å². The fraction of sp³-hybridized carbons (Fsp3) is 0.455. The summed E-state index contributed by atoms with van der Waals surface area (Å²) in [5.41, 5.74) is -1.03. The van der Waals surface area contributed by atoms with E-state index in [1.807, 2.05) is 13.8 Å². The number of alkyl halides is 2. The topological polar surface area (TPSA) is 60.7 Å². The van der Waals surface area contributed by atoms with Crippen molar-refractivity contribution in [1.29, 1.82) is 0 Å². The van der Waals surface area contributed by atoms with Crippen LogP contribution in [0, 0.1) is 0 Å². The highest BCUT2D eigenvalue weighted by molar-refractivity contribution is 7.11. The Hall–Kier alpha value is -1.70. The number of halogens is 2. The maximum absolute atomic E-state index is 12.4. The van der Waals surface area contributed by atoms with E-state index in [0.717, 1.165) is 17.4 Å². The Balaban J connectivity index is 2.21. The summed E-state index contributed by atoms with van der Waals surface area (Å²) >= 11 is 1.40. The predicted octanol–water partition coefficient (Wildman–Crippen LogP) is 2.20. The lowest BCUT2D eigenvalue weighted by atomic mass is 10.2. The second kappa shape index (κ2) is 5.52. The van der Waals surface area contributed by atoms with Gasteiger partial charge >= 0.3 is 0 Å². The third-order valence-electron chi connectivity index (χ3n) is 2.41. The fourth-order valence-electron chi connectivity index (χ4n) is 1.39. The van der Waals surface area contributed by atoms with E-state index in [9.17, 15) is 13.6 Å². The van der Waals surface area contributed by atoms with Crippen molar-refractivity contribution in [2.24, 2.45) is 0 Å². The summed E-state index contributed by atoms with van der Waals surface area (Å²) in [5.74, 6) is 0.266. The smallest absolute Gasteiger partial charge is 0.280 e. The molecule has 0 radical (unpaired) electrons.